The Balaban J connectivity index is 2.27. The van der Waals surface area contributed by atoms with Gasteiger partial charge in [-0.1, -0.05) is 31.2 Å². The molecule has 0 spiro atoms. The summed E-state index contributed by atoms with van der Waals surface area (Å²) < 4.78 is 5.88. The average Bonchev–Trinajstić information content (AvgIpc) is 2.33. The molecule has 0 aliphatic heterocycles. The summed E-state index contributed by atoms with van der Waals surface area (Å²) in [7, 11) is 1.86. The third kappa shape index (κ3) is 2.45. The summed E-state index contributed by atoms with van der Waals surface area (Å²) in [6.45, 7) is 5.45. The van der Waals surface area contributed by atoms with Crippen molar-refractivity contribution in [2.24, 2.45) is 0 Å². The third-order valence-electron chi connectivity index (χ3n) is 4.23. The monoisotopic (exact) mass is 247 g/mol. The zero-order valence-electron chi connectivity index (χ0n) is 11.8. The van der Waals surface area contributed by atoms with Gasteiger partial charge in [0.05, 0.1) is 11.6 Å². The van der Waals surface area contributed by atoms with E-state index in [4.69, 9.17) is 4.74 Å². The second-order valence-electron chi connectivity index (χ2n) is 5.37. The molecule has 0 saturated heterocycles. The molecule has 0 radical (unpaired) electrons. The lowest BCUT2D eigenvalue weighted by Gasteiger charge is -2.47. The van der Waals surface area contributed by atoms with Crippen molar-refractivity contribution in [2.75, 3.05) is 13.7 Å². The molecule has 0 heterocycles. The molecule has 0 aromatic heterocycles. The van der Waals surface area contributed by atoms with Crippen LogP contribution in [0.15, 0.2) is 24.3 Å². The SMILES string of the molecule is CCCNC(c1ccccc1C)C1(OC)CCC1. The van der Waals surface area contributed by atoms with Crippen LogP contribution in [0.2, 0.25) is 0 Å². The Morgan fingerprint density at radius 3 is 2.56 bits per heavy atom. The molecule has 2 nitrogen and oxygen atoms in total. The Kier molecular flexibility index (Phi) is 4.41. The maximum absolute atomic E-state index is 5.88. The molecule has 1 aliphatic carbocycles. The maximum atomic E-state index is 5.88. The van der Waals surface area contributed by atoms with Gasteiger partial charge < -0.3 is 10.1 Å². The van der Waals surface area contributed by atoms with E-state index >= 15 is 0 Å². The van der Waals surface area contributed by atoms with E-state index < -0.39 is 0 Å². The Morgan fingerprint density at radius 2 is 2.06 bits per heavy atom. The molecule has 18 heavy (non-hydrogen) atoms. The second-order valence-corrected chi connectivity index (χ2v) is 5.37. The highest BCUT2D eigenvalue weighted by Gasteiger charge is 2.45. The summed E-state index contributed by atoms with van der Waals surface area (Å²) in [6.07, 6.45) is 4.77. The highest BCUT2D eigenvalue weighted by Crippen LogP contribution is 2.45. The fourth-order valence-electron chi connectivity index (χ4n) is 2.91. The van der Waals surface area contributed by atoms with Crippen molar-refractivity contribution >= 4 is 0 Å². The fraction of sp³-hybridized carbons (Fsp3) is 0.625. The molecule has 1 fully saturated rings. The van der Waals surface area contributed by atoms with Gasteiger partial charge in [0, 0.05) is 7.11 Å². The molecule has 1 atom stereocenters. The number of nitrogens with one attached hydrogen (secondary N) is 1. The lowest BCUT2D eigenvalue weighted by atomic mass is 9.71. The van der Waals surface area contributed by atoms with E-state index in [1.807, 2.05) is 7.11 Å². The molecule has 1 saturated carbocycles. The highest BCUT2D eigenvalue weighted by atomic mass is 16.5. The number of aryl methyl sites for hydroxylation is 1. The van der Waals surface area contributed by atoms with E-state index in [9.17, 15) is 0 Å². The van der Waals surface area contributed by atoms with Gasteiger partial charge in [-0.05, 0) is 50.3 Å². The Bertz CT molecular complexity index is 379. The molecule has 0 amide bonds. The van der Waals surface area contributed by atoms with Crippen LogP contribution in [-0.2, 0) is 4.74 Å². The van der Waals surface area contributed by atoms with Crippen LogP contribution in [0.25, 0.3) is 0 Å². The first-order valence-corrected chi connectivity index (χ1v) is 7.07. The van der Waals surface area contributed by atoms with Gasteiger partial charge in [-0.3, -0.25) is 0 Å². The van der Waals surface area contributed by atoms with Gasteiger partial charge in [0.15, 0.2) is 0 Å². The number of ether oxygens (including phenoxy) is 1. The first-order valence-electron chi connectivity index (χ1n) is 7.07. The molecular weight excluding hydrogens is 222 g/mol. The Labute approximate surface area is 111 Å². The van der Waals surface area contributed by atoms with Crippen molar-refractivity contribution in [3.63, 3.8) is 0 Å². The van der Waals surface area contributed by atoms with E-state index in [1.165, 1.54) is 30.4 Å². The van der Waals surface area contributed by atoms with Crippen LogP contribution >= 0.6 is 0 Å². The normalized spacial score (nSPS) is 19.3. The largest absolute Gasteiger partial charge is 0.376 e. The number of hydrogen-bond donors (Lipinski definition) is 1. The van der Waals surface area contributed by atoms with E-state index in [2.05, 4.69) is 43.4 Å². The van der Waals surface area contributed by atoms with Gasteiger partial charge >= 0.3 is 0 Å². The lowest BCUT2D eigenvalue weighted by Crippen LogP contribution is -2.51. The molecule has 2 rings (SSSR count). The summed E-state index contributed by atoms with van der Waals surface area (Å²) >= 11 is 0. The zero-order valence-corrected chi connectivity index (χ0v) is 11.8. The van der Waals surface area contributed by atoms with Gasteiger partial charge in [0.25, 0.3) is 0 Å². The van der Waals surface area contributed by atoms with Gasteiger partial charge in [0.2, 0.25) is 0 Å². The number of benzene rings is 1. The summed E-state index contributed by atoms with van der Waals surface area (Å²) in [6, 6.07) is 9.00. The lowest BCUT2D eigenvalue weighted by molar-refractivity contribution is -0.0998. The van der Waals surface area contributed by atoms with Crippen LogP contribution in [0.3, 0.4) is 0 Å². The number of hydrogen-bond acceptors (Lipinski definition) is 2. The topological polar surface area (TPSA) is 21.3 Å². The smallest absolute Gasteiger partial charge is 0.0872 e. The van der Waals surface area contributed by atoms with Crippen molar-refractivity contribution in [2.45, 2.75) is 51.2 Å². The molecule has 0 bridgehead atoms. The van der Waals surface area contributed by atoms with Crippen molar-refractivity contribution in [3.05, 3.63) is 35.4 Å². The summed E-state index contributed by atoms with van der Waals surface area (Å²) in [5.41, 5.74) is 2.77. The molecule has 2 heteroatoms. The minimum absolute atomic E-state index is 0.0152. The van der Waals surface area contributed by atoms with Crippen LogP contribution in [0.4, 0.5) is 0 Å². The number of rotatable bonds is 6. The van der Waals surface area contributed by atoms with E-state index in [-0.39, 0.29) is 5.60 Å². The maximum Gasteiger partial charge on any atom is 0.0872 e. The molecule has 100 valence electrons. The van der Waals surface area contributed by atoms with Gasteiger partial charge in [-0.15, -0.1) is 0 Å². The van der Waals surface area contributed by atoms with Crippen LogP contribution in [-0.4, -0.2) is 19.3 Å². The Morgan fingerprint density at radius 1 is 1.33 bits per heavy atom. The quantitative estimate of drug-likeness (QED) is 0.829. The summed E-state index contributed by atoms with van der Waals surface area (Å²) in [5.74, 6) is 0. The molecule has 1 unspecified atom stereocenters. The van der Waals surface area contributed by atoms with Crippen molar-refractivity contribution < 1.29 is 4.74 Å². The standard InChI is InChI=1S/C16H25NO/c1-4-12-17-15(16(18-3)10-7-11-16)14-9-6-5-8-13(14)2/h5-6,8-9,15,17H,4,7,10-12H2,1-3H3. The average molecular weight is 247 g/mol. The predicted octanol–water partition coefficient (Wildman–Crippen LogP) is 3.60. The minimum atomic E-state index is 0.0152. The fourth-order valence-corrected chi connectivity index (χ4v) is 2.91. The van der Waals surface area contributed by atoms with Crippen LogP contribution in [0, 0.1) is 6.92 Å². The van der Waals surface area contributed by atoms with Crippen LogP contribution in [0.5, 0.6) is 0 Å². The highest BCUT2D eigenvalue weighted by molar-refractivity contribution is 5.31. The van der Waals surface area contributed by atoms with E-state index in [0.29, 0.717) is 6.04 Å². The first kappa shape index (κ1) is 13.6. The second kappa shape index (κ2) is 5.85. The van der Waals surface area contributed by atoms with Gasteiger partial charge in [0.1, 0.15) is 0 Å². The Hall–Kier alpha value is -0.860. The first-order chi connectivity index (χ1) is 8.73. The summed E-state index contributed by atoms with van der Waals surface area (Å²) in [5, 5.41) is 3.70. The third-order valence-corrected chi connectivity index (χ3v) is 4.23. The number of methoxy groups -OCH3 is 1. The molecule has 1 N–H and O–H groups in total. The molecular formula is C16H25NO. The van der Waals surface area contributed by atoms with Crippen LogP contribution in [0.1, 0.15) is 49.8 Å². The van der Waals surface area contributed by atoms with Crippen molar-refractivity contribution in [3.8, 4) is 0 Å². The van der Waals surface area contributed by atoms with Crippen molar-refractivity contribution in [1.29, 1.82) is 0 Å². The minimum Gasteiger partial charge on any atom is -0.376 e. The summed E-state index contributed by atoms with van der Waals surface area (Å²) in [4.78, 5) is 0. The van der Waals surface area contributed by atoms with E-state index in [1.54, 1.807) is 0 Å². The van der Waals surface area contributed by atoms with Gasteiger partial charge in [-0.25, -0.2) is 0 Å². The molecule has 1 aliphatic rings. The molecule has 1 aromatic carbocycles. The van der Waals surface area contributed by atoms with Gasteiger partial charge in [-0.2, -0.15) is 0 Å². The zero-order chi connectivity index (χ0) is 13.0. The van der Waals surface area contributed by atoms with Crippen LogP contribution < -0.4 is 5.32 Å². The predicted molar refractivity (Wildman–Crippen MR) is 75.8 cm³/mol. The van der Waals surface area contributed by atoms with E-state index in [0.717, 1.165) is 13.0 Å². The molecule has 1 aromatic rings. The van der Waals surface area contributed by atoms with Crippen molar-refractivity contribution in [1.82, 2.24) is 5.32 Å².